The van der Waals surface area contributed by atoms with Crippen LogP contribution in [-0.4, -0.2) is 41.6 Å². The topological polar surface area (TPSA) is 32.7 Å². The predicted molar refractivity (Wildman–Crippen MR) is 67.2 cm³/mol. The molecule has 0 aromatic heterocycles. The monoisotopic (exact) mass is 281 g/mol. The first-order valence-electron chi connectivity index (χ1n) is 6.58. The summed E-state index contributed by atoms with van der Waals surface area (Å²) in [6, 6.07) is 0. The van der Waals surface area contributed by atoms with E-state index in [1.54, 1.807) is 0 Å². The van der Waals surface area contributed by atoms with Crippen molar-refractivity contribution in [2.24, 2.45) is 11.3 Å². The van der Waals surface area contributed by atoms with Crippen molar-refractivity contribution in [2.45, 2.75) is 45.1 Å². The van der Waals surface area contributed by atoms with Gasteiger partial charge in [-0.05, 0) is 30.6 Å². The van der Waals surface area contributed by atoms with Crippen LogP contribution in [0.1, 0.15) is 32.6 Å². The number of halogens is 2. The molecule has 1 saturated heterocycles. The summed E-state index contributed by atoms with van der Waals surface area (Å²) < 4.78 is 30.7. The molecule has 106 valence electrons. The standard InChI is InChI=1S/C12H21F2NO2S/c1-2-9-7-12(11(9)16)3-5-15(6-4-12)18-17-8-10(13)14/h9-11,16H,2-8H2,1H3. The average molecular weight is 281 g/mol. The second kappa shape index (κ2) is 6.03. The van der Waals surface area contributed by atoms with E-state index >= 15 is 0 Å². The zero-order valence-electron chi connectivity index (χ0n) is 10.6. The second-order valence-electron chi connectivity index (χ2n) is 5.36. The first-order valence-corrected chi connectivity index (χ1v) is 7.28. The van der Waals surface area contributed by atoms with E-state index in [2.05, 4.69) is 6.92 Å². The van der Waals surface area contributed by atoms with E-state index in [1.165, 1.54) is 0 Å². The lowest BCUT2D eigenvalue weighted by molar-refractivity contribution is -0.142. The highest BCUT2D eigenvalue weighted by Gasteiger charge is 2.53. The van der Waals surface area contributed by atoms with E-state index in [-0.39, 0.29) is 11.5 Å². The maximum Gasteiger partial charge on any atom is 0.262 e. The number of aliphatic hydroxyl groups is 1. The predicted octanol–water partition coefficient (Wildman–Crippen LogP) is 2.70. The fourth-order valence-electron chi connectivity index (χ4n) is 3.12. The molecular formula is C12H21F2NO2S. The Hall–Kier alpha value is 0.0900. The van der Waals surface area contributed by atoms with Gasteiger partial charge >= 0.3 is 0 Å². The van der Waals surface area contributed by atoms with Gasteiger partial charge in [0.2, 0.25) is 0 Å². The molecule has 6 heteroatoms. The molecule has 2 unspecified atom stereocenters. The quantitative estimate of drug-likeness (QED) is 0.620. The third-order valence-electron chi connectivity index (χ3n) is 4.34. The van der Waals surface area contributed by atoms with E-state index < -0.39 is 13.0 Å². The Morgan fingerprint density at radius 3 is 2.61 bits per heavy atom. The summed E-state index contributed by atoms with van der Waals surface area (Å²) in [6.45, 7) is 3.21. The van der Waals surface area contributed by atoms with Crippen LogP contribution in [0.25, 0.3) is 0 Å². The van der Waals surface area contributed by atoms with Gasteiger partial charge in [0.25, 0.3) is 6.43 Å². The molecule has 1 N–H and O–H groups in total. The van der Waals surface area contributed by atoms with Gasteiger partial charge in [-0.15, -0.1) is 0 Å². The van der Waals surface area contributed by atoms with Crippen LogP contribution in [0.15, 0.2) is 0 Å². The van der Waals surface area contributed by atoms with Crippen molar-refractivity contribution in [3.8, 4) is 0 Å². The van der Waals surface area contributed by atoms with Gasteiger partial charge in [0.05, 0.1) is 18.3 Å². The number of hydrogen-bond acceptors (Lipinski definition) is 4. The Labute approximate surface area is 111 Å². The summed E-state index contributed by atoms with van der Waals surface area (Å²) in [4.78, 5) is 0. The van der Waals surface area contributed by atoms with Crippen LogP contribution in [0.5, 0.6) is 0 Å². The molecule has 0 bridgehead atoms. The number of hydrogen-bond donors (Lipinski definition) is 1. The van der Waals surface area contributed by atoms with Crippen molar-refractivity contribution < 1.29 is 18.1 Å². The van der Waals surface area contributed by atoms with Crippen LogP contribution in [-0.2, 0) is 4.18 Å². The molecule has 2 atom stereocenters. The number of nitrogens with zero attached hydrogens (tertiary/aromatic N) is 1. The summed E-state index contributed by atoms with van der Waals surface area (Å²) in [5.74, 6) is 0.458. The zero-order chi connectivity index (χ0) is 13.2. The second-order valence-corrected chi connectivity index (χ2v) is 6.26. The summed E-state index contributed by atoms with van der Waals surface area (Å²) in [6.07, 6.45) is 1.45. The van der Waals surface area contributed by atoms with Crippen molar-refractivity contribution >= 4 is 12.2 Å². The van der Waals surface area contributed by atoms with Gasteiger partial charge in [-0.1, -0.05) is 13.3 Å². The fourth-order valence-corrected chi connectivity index (χ4v) is 3.77. The Bertz CT molecular complexity index is 273. The fraction of sp³-hybridized carbons (Fsp3) is 1.00. The van der Waals surface area contributed by atoms with Gasteiger partial charge in [-0.2, -0.15) is 0 Å². The summed E-state index contributed by atoms with van der Waals surface area (Å²) in [5, 5.41) is 10.2. The van der Waals surface area contributed by atoms with Gasteiger partial charge in [0.1, 0.15) is 6.61 Å². The van der Waals surface area contributed by atoms with Crippen LogP contribution in [0.4, 0.5) is 8.78 Å². The van der Waals surface area contributed by atoms with Crippen LogP contribution in [0.2, 0.25) is 0 Å². The number of rotatable bonds is 5. The highest BCUT2D eigenvalue weighted by atomic mass is 32.2. The maximum absolute atomic E-state index is 11.9. The molecule has 0 aromatic rings. The summed E-state index contributed by atoms with van der Waals surface area (Å²) >= 11 is 1.04. The largest absolute Gasteiger partial charge is 0.392 e. The van der Waals surface area contributed by atoms with Gasteiger partial charge in [0.15, 0.2) is 0 Å². The highest BCUT2D eigenvalue weighted by molar-refractivity contribution is 7.92. The normalized spacial score (nSPS) is 31.8. The van der Waals surface area contributed by atoms with E-state index in [9.17, 15) is 13.9 Å². The molecule has 2 aliphatic rings. The van der Waals surface area contributed by atoms with Crippen molar-refractivity contribution in [3.63, 3.8) is 0 Å². The lowest BCUT2D eigenvalue weighted by atomic mass is 9.55. The molecule has 18 heavy (non-hydrogen) atoms. The van der Waals surface area contributed by atoms with Gasteiger partial charge in [-0.25, -0.2) is 13.1 Å². The molecule has 1 spiro atoms. The maximum atomic E-state index is 11.9. The van der Waals surface area contributed by atoms with Crippen molar-refractivity contribution in [1.82, 2.24) is 4.31 Å². The lowest BCUT2D eigenvalue weighted by Gasteiger charge is -2.55. The average Bonchev–Trinajstić information content (AvgIpc) is 2.36. The van der Waals surface area contributed by atoms with Crippen molar-refractivity contribution in [1.29, 1.82) is 0 Å². The minimum atomic E-state index is -2.41. The van der Waals surface area contributed by atoms with Gasteiger partial charge < -0.3 is 5.11 Å². The molecule has 0 aromatic carbocycles. The first-order chi connectivity index (χ1) is 8.57. The van der Waals surface area contributed by atoms with Crippen LogP contribution in [0.3, 0.4) is 0 Å². The molecule has 3 nitrogen and oxygen atoms in total. The lowest BCUT2D eigenvalue weighted by Crippen LogP contribution is -2.56. The van der Waals surface area contributed by atoms with Crippen molar-refractivity contribution in [2.75, 3.05) is 19.7 Å². The van der Waals surface area contributed by atoms with E-state index in [4.69, 9.17) is 4.18 Å². The third kappa shape index (κ3) is 2.98. The Morgan fingerprint density at radius 2 is 2.11 bits per heavy atom. The summed E-state index contributed by atoms with van der Waals surface area (Å²) in [7, 11) is 0. The van der Waals surface area contributed by atoms with Crippen LogP contribution < -0.4 is 0 Å². The smallest absolute Gasteiger partial charge is 0.262 e. The van der Waals surface area contributed by atoms with Gasteiger partial charge in [-0.3, -0.25) is 4.18 Å². The minimum absolute atomic E-state index is 0.0977. The number of piperidine rings is 1. The summed E-state index contributed by atoms with van der Waals surface area (Å²) in [5.41, 5.74) is 0.0977. The van der Waals surface area contributed by atoms with E-state index in [1.807, 2.05) is 4.31 Å². The molecule has 0 radical (unpaired) electrons. The van der Waals surface area contributed by atoms with Crippen LogP contribution in [0, 0.1) is 11.3 Å². The third-order valence-corrected chi connectivity index (χ3v) is 5.15. The number of aliphatic hydroxyl groups excluding tert-OH is 1. The molecule has 2 rings (SSSR count). The highest BCUT2D eigenvalue weighted by Crippen LogP contribution is 2.54. The van der Waals surface area contributed by atoms with Crippen molar-refractivity contribution in [3.05, 3.63) is 0 Å². The SMILES string of the molecule is CCC1CC2(CCN(SOCC(F)F)CC2)C1O. The molecular weight excluding hydrogens is 260 g/mol. The van der Waals surface area contributed by atoms with E-state index in [0.717, 1.165) is 51.0 Å². The molecule has 1 aliphatic carbocycles. The molecule has 1 saturated carbocycles. The Balaban J connectivity index is 1.69. The Morgan fingerprint density at radius 1 is 1.44 bits per heavy atom. The number of alkyl halides is 2. The molecule has 1 heterocycles. The van der Waals surface area contributed by atoms with Gasteiger partial charge in [0, 0.05) is 13.1 Å². The molecule has 2 fully saturated rings. The minimum Gasteiger partial charge on any atom is -0.392 e. The zero-order valence-corrected chi connectivity index (χ0v) is 11.5. The first kappa shape index (κ1) is 14.5. The molecule has 1 aliphatic heterocycles. The van der Waals surface area contributed by atoms with Crippen LogP contribution >= 0.6 is 12.2 Å². The molecule has 0 amide bonds. The van der Waals surface area contributed by atoms with E-state index in [0.29, 0.717) is 5.92 Å². The Kier molecular flexibility index (Phi) is 4.86.